The molecule has 0 spiro atoms. The summed E-state index contributed by atoms with van der Waals surface area (Å²) < 4.78 is 5.54. The summed E-state index contributed by atoms with van der Waals surface area (Å²) in [5.41, 5.74) is 1.37. The van der Waals surface area contributed by atoms with Crippen LogP contribution in [0.5, 0.6) is 5.75 Å². The molecule has 1 aromatic heterocycles. The van der Waals surface area contributed by atoms with E-state index >= 15 is 0 Å². The van der Waals surface area contributed by atoms with Gasteiger partial charge in [-0.05, 0) is 18.2 Å². The van der Waals surface area contributed by atoms with Crippen molar-refractivity contribution in [3.8, 4) is 5.75 Å². The minimum Gasteiger partial charge on any atom is -0.496 e. The molecule has 0 unspecified atom stereocenters. The van der Waals surface area contributed by atoms with Gasteiger partial charge in [-0.2, -0.15) is 0 Å². The van der Waals surface area contributed by atoms with Gasteiger partial charge in [-0.3, -0.25) is 14.4 Å². The second-order valence-corrected chi connectivity index (χ2v) is 9.01. The average molecular weight is 425 g/mol. The highest BCUT2D eigenvalue weighted by Gasteiger charge is 2.56. The van der Waals surface area contributed by atoms with Crippen LogP contribution in [-0.4, -0.2) is 29.2 Å². The van der Waals surface area contributed by atoms with Crippen molar-refractivity contribution >= 4 is 40.6 Å². The van der Waals surface area contributed by atoms with Crippen LogP contribution in [0, 0.1) is 5.92 Å². The molecule has 29 heavy (non-hydrogen) atoms. The number of hydrogen-bond acceptors (Lipinski definition) is 6. The minimum atomic E-state index is -0.608. The summed E-state index contributed by atoms with van der Waals surface area (Å²) in [6, 6.07) is 16.4. The number of H-pyrrole nitrogens is 1. The SMILES string of the molecule is COc1ccccc1[C@@H]1c2sc(=O)[nH]c2S[C@H]2C(=O)N(c3ccccc3)C(=O)[C@@H]12. The lowest BCUT2D eigenvalue weighted by atomic mass is 9.82. The van der Waals surface area contributed by atoms with Crippen molar-refractivity contribution in [1.29, 1.82) is 0 Å². The Bertz CT molecular complexity index is 1170. The van der Waals surface area contributed by atoms with Crippen molar-refractivity contribution in [2.75, 3.05) is 12.0 Å². The van der Waals surface area contributed by atoms with E-state index in [0.717, 1.165) is 21.8 Å². The van der Waals surface area contributed by atoms with Gasteiger partial charge in [0.15, 0.2) is 0 Å². The van der Waals surface area contributed by atoms with E-state index in [-0.39, 0.29) is 16.7 Å². The van der Waals surface area contributed by atoms with E-state index in [1.54, 1.807) is 31.4 Å². The van der Waals surface area contributed by atoms with Crippen molar-refractivity contribution in [1.82, 2.24) is 4.98 Å². The maximum absolute atomic E-state index is 13.5. The second kappa shape index (κ2) is 6.89. The Kier molecular flexibility index (Phi) is 4.33. The number of aromatic amines is 1. The van der Waals surface area contributed by atoms with Crippen LogP contribution in [-0.2, 0) is 9.59 Å². The van der Waals surface area contributed by atoms with E-state index < -0.39 is 17.1 Å². The minimum absolute atomic E-state index is 0.192. The Hall–Kier alpha value is -2.84. The monoisotopic (exact) mass is 424 g/mol. The molecule has 6 nitrogen and oxygen atoms in total. The summed E-state index contributed by atoms with van der Waals surface area (Å²) in [5.74, 6) is -0.910. The molecule has 3 aromatic rings. The number of nitrogens with zero attached hydrogens (tertiary/aromatic N) is 1. The molecular weight excluding hydrogens is 408 g/mol. The fourth-order valence-electron chi connectivity index (χ4n) is 4.11. The number of fused-ring (bicyclic) bond motifs is 2. The molecule has 1 N–H and O–H groups in total. The van der Waals surface area contributed by atoms with Gasteiger partial charge in [0.05, 0.1) is 23.7 Å². The van der Waals surface area contributed by atoms with E-state index in [9.17, 15) is 14.4 Å². The summed E-state index contributed by atoms with van der Waals surface area (Å²) in [5, 5.41) is 0.0589. The number of amides is 2. The van der Waals surface area contributed by atoms with E-state index in [2.05, 4.69) is 4.98 Å². The van der Waals surface area contributed by atoms with Crippen molar-refractivity contribution in [3.63, 3.8) is 0 Å². The fraction of sp³-hybridized carbons (Fsp3) is 0.190. The number of methoxy groups -OCH3 is 1. The summed E-state index contributed by atoms with van der Waals surface area (Å²) in [7, 11) is 1.58. The molecule has 3 heterocycles. The molecule has 2 amide bonds. The molecule has 3 atom stereocenters. The lowest BCUT2D eigenvalue weighted by Gasteiger charge is -2.30. The van der Waals surface area contributed by atoms with Gasteiger partial charge in [-0.1, -0.05) is 59.5 Å². The number of anilines is 1. The van der Waals surface area contributed by atoms with Crippen LogP contribution in [0.15, 0.2) is 64.4 Å². The molecule has 0 radical (unpaired) electrons. The van der Waals surface area contributed by atoms with Gasteiger partial charge in [-0.15, -0.1) is 0 Å². The lowest BCUT2D eigenvalue weighted by Crippen LogP contribution is -2.32. The predicted molar refractivity (Wildman–Crippen MR) is 112 cm³/mol. The van der Waals surface area contributed by atoms with Gasteiger partial charge in [0.25, 0.3) is 0 Å². The molecule has 146 valence electrons. The van der Waals surface area contributed by atoms with Crippen LogP contribution >= 0.6 is 23.1 Å². The Balaban J connectivity index is 1.69. The maximum Gasteiger partial charge on any atom is 0.305 e. The van der Waals surface area contributed by atoms with Gasteiger partial charge in [0, 0.05) is 16.4 Å². The average Bonchev–Trinajstić information content (AvgIpc) is 3.23. The van der Waals surface area contributed by atoms with Crippen molar-refractivity contribution in [2.24, 2.45) is 5.92 Å². The molecule has 1 saturated heterocycles. The normalized spacial score (nSPS) is 23.1. The highest BCUT2D eigenvalue weighted by atomic mass is 32.2. The molecule has 0 aliphatic carbocycles. The van der Waals surface area contributed by atoms with Gasteiger partial charge < -0.3 is 9.72 Å². The predicted octanol–water partition coefficient (Wildman–Crippen LogP) is 3.24. The zero-order valence-corrected chi connectivity index (χ0v) is 17.0. The first-order valence-electron chi connectivity index (χ1n) is 9.05. The number of carbonyl (C=O) groups is 2. The van der Waals surface area contributed by atoms with Gasteiger partial charge >= 0.3 is 4.87 Å². The molecule has 0 bridgehead atoms. The largest absolute Gasteiger partial charge is 0.496 e. The van der Waals surface area contributed by atoms with E-state index in [1.165, 1.54) is 16.7 Å². The summed E-state index contributed by atoms with van der Waals surface area (Å²) in [4.78, 5) is 43.6. The number of hydrogen-bond donors (Lipinski definition) is 1. The molecule has 2 aromatic carbocycles. The first kappa shape index (κ1) is 18.2. The van der Waals surface area contributed by atoms with E-state index in [1.807, 2.05) is 30.3 Å². The van der Waals surface area contributed by atoms with Crippen LogP contribution in [0.4, 0.5) is 5.69 Å². The third-order valence-electron chi connectivity index (χ3n) is 5.31. The van der Waals surface area contributed by atoms with Crippen LogP contribution in [0.3, 0.4) is 0 Å². The van der Waals surface area contributed by atoms with Crippen molar-refractivity contribution in [2.45, 2.75) is 16.2 Å². The number of ether oxygens (including phenoxy) is 1. The van der Waals surface area contributed by atoms with Gasteiger partial charge in [0.2, 0.25) is 11.8 Å². The fourth-order valence-corrected chi connectivity index (χ4v) is 6.61. The zero-order valence-electron chi connectivity index (χ0n) is 15.3. The van der Waals surface area contributed by atoms with Gasteiger partial charge in [-0.25, -0.2) is 4.90 Å². The molecule has 1 fully saturated rings. The molecular formula is C21H16N2O4S2. The number of thiazole rings is 1. The zero-order chi connectivity index (χ0) is 20.1. The van der Waals surface area contributed by atoms with Crippen LogP contribution in [0.1, 0.15) is 16.4 Å². The second-order valence-electron chi connectivity index (χ2n) is 6.84. The third kappa shape index (κ3) is 2.74. The Morgan fingerprint density at radius 2 is 1.69 bits per heavy atom. The number of imide groups is 1. The van der Waals surface area contributed by atoms with Gasteiger partial charge in [0.1, 0.15) is 11.0 Å². The van der Waals surface area contributed by atoms with Crippen LogP contribution in [0.25, 0.3) is 0 Å². The number of carbonyl (C=O) groups excluding carboxylic acids is 2. The number of para-hydroxylation sites is 2. The number of benzene rings is 2. The van der Waals surface area contributed by atoms with E-state index in [4.69, 9.17) is 4.74 Å². The Labute approximate surface area is 174 Å². The number of rotatable bonds is 3. The highest BCUT2D eigenvalue weighted by molar-refractivity contribution is 8.00. The lowest BCUT2D eigenvalue weighted by molar-refractivity contribution is -0.122. The van der Waals surface area contributed by atoms with E-state index in [0.29, 0.717) is 16.5 Å². The number of nitrogens with one attached hydrogen (secondary N) is 1. The highest BCUT2D eigenvalue weighted by Crippen LogP contribution is 2.54. The quantitative estimate of drug-likeness (QED) is 0.653. The van der Waals surface area contributed by atoms with Crippen molar-refractivity contribution in [3.05, 3.63) is 74.7 Å². The topological polar surface area (TPSA) is 79.5 Å². The maximum atomic E-state index is 13.5. The Morgan fingerprint density at radius 1 is 0.966 bits per heavy atom. The molecule has 5 rings (SSSR count). The summed E-state index contributed by atoms with van der Waals surface area (Å²) in [6.07, 6.45) is 0. The standard InChI is InChI=1S/C21H16N2O4S2/c1-27-13-10-6-5-9-12(13)14-15-17(28-18-16(14)29-21(26)22-18)20(25)23(19(15)24)11-7-3-2-4-8-11/h2-10,14-15,17H,1H3,(H,22,26)/t14-,15-,17+/m0/s1. The smallest absolute Gasteiger partial charge is 0.305 e. The number of thioether (sulfide) groups is 1. The molecule has 2 aliphatic heterocycles. The summed E-state index contributed by atoms with van der Waals surface area (Å²) >= 11 is 2.36. The molecule has 0 saturated carbocycles. The summed E-state index contributed by atoms with van der Waals surface area (Å²) in [6.45, 7) is 0. The first-order chi connectivity index (χ1) is 14.1. The Morgan fingerprint density at radius 3 is 2.45 bits per heavy atom. The van der Waals surface area contributed by atoms with Crippen LogP contribution in [0.2, 0.25) is 0 Å². The van der Waals surface area contributed by atoms with Crippen molar-refractivity contribution < 1.29 is 14.3 Å². The van der Waals surface area contributed by atoms with Crippen LogP contribution < -0.4 is 14.5 Å². The molecule has 2 aliphatic rings. The molecule has 8 heteroatoms. The third-order valence-corrected chi connectivity index (χ3v) is 7.71. The first-order valence-corrected chi connectivity index (χ1v) is 10.7. The number of aromatic nitrogens is 1.